The lowest BCUT2D eigenvalue weighted by molar-refractivity contribution is -0.385. The predicted octanol–water partition coefficient (Wildman–Crippen LogP) is 3.72. The molecule has 27 heavy (non-hydrogen) atoms. The molecule has 2 aromatic carbocycles. The van der Waals surface area contributed by atoms with E-state index >= 15 is 0 Å². The molecule has 0 saturated heterocycles. The maximum atomic E-state index is 12.9. The number of nitro groups is 1. The third-order valence-corrected chi connectivity index (χ3v) is 4.15. The summed E-state index contributed by atoms with van der Waals surface area (Å²) in [5.74, 6) is -0.361. The fourth-order valence-corrected chi connectivity index (χ4v) is 2.86. The van der Waals surface area contributed by atoms with Crippen LogP contribution in [-0.2, 0) is 11.3 Å². The minimum Gasteiger partial charge on any atom is -0.478 e. The van der Waals surface area contributed by atoms with Gasteiger partial charge in [0.1, 0.15) is 11.6 Å². The highest BCUT2D eigenvalue weighted by atomic mass is 19.3. The second-order valence-corrected chi connectivity index (χ2v) is 5.94. The first-order chi connectivity index (χ1) is 12.8. The molecule has 3 rings (SSSR count). The van der Waals surface area contributed by atoms with Crippen LogP contribution in [-0.4, -0.2) is 16.9 Å². The van der Waals surface area contributed by atoms with Crippen molar-refractivity contribution in [2.45, 2.75) is 26.0 Å². The summed E-state index contributed by atoms with van der Waals surface area (Å²) in [6.45, 7) is 1.45. The predicted molar refractivity (Wildman–Crippen MR) is 90.5 cm³/mol. The zero-order valence-electron chi connectivity index (χ0n) is 14.1. The Morgan fingerprint density at radius 2 is 2.11 bits per heavy atom. The molecule has 0 spiro atoms. The molecule has 1 heterocycles. The molecule has 0 unspecified atom stereocenters. The molecule has 9 heteroatoms. The number of anilines is 1. The summed E-state index contributed by atoms with van der Waals surface area (Å²) in [6.07, 6.45) is -3.56. The number of rotatable bonds is 4. The van der Waals surface area contributed by atoms with Crippen molar-refractivity contribution in [3.8, 4) is 11.8 Å². The van der Waals surface area contributed by atoms with Crippen LogP contribution in [0.2, 0.25) is 0 Å². The van der Waals surface area contributed by atoms with Gasteiger partial charge in [-0.25, -0.2) is 8.78 Å². The van der Waals surface area contributed by atoms with Crippen molar-refractivity contribution in [2.75, 3.05) is 4.90 Å². The lowest BCUT2D eigenvalue weighted by atomic mass is 10.1. The smallest absolute Gasteiger partial charge is 0.290 e. The van der Waals surface area contributed by atoms with Crippen LogP contribution in [0.3, 0.4) is 0 Å². The highest BCUT2D eigenvalue weighted by Gasteiger charge is 2.34. The number of amides is 1. The Kier molecular flexibility index (Phi) is 4.73. The third-order valence-electron chi connectivity index (χ3n) is 4.15. The van der Waals surface area contributed by atoms with Gasteiger partial charge >= 0.3 is 0 Å². The normalized spacial score (nSPS) is 15.9. The molecule has 2 aromatic rings. The Labute approximate surface area is 152 Å². The minimum absolute atomic E-state index is 0.0389. The Balaban J connectivity index is 2.06. The van der Waals surface area contributed by atoms with Crippen molar-refractivity contribution in [2.24, 2.45) is 0 Å². The maximum absolute atomic E-state index is 12.9. The number of fused-ring (bicyclic) bond motifs is 1. The van der Waals surface area contributed by atoms with E-state index in [-0.39, 0.29) is 29.1 Å². The van der Waals surface area contributed by atoms with Gasteiger partial charge in [-0.15, -0.1) is 0 Å². The van der Waals surface area contributed by atoms with Crippen molar-refractivity contribution in [3.63, 3.8) is 0 Å². The van der Waals surface area contributed by atoms with Crippen molar-refractivity contribution in [1.29, 1.82) is 5.26 Å². The quantitative estimate of drug-likeness (QED) is 0.601. The summed E-state index contributed by atoms with van der Waals surface area (Å²) in [5.41, 5.74) is -0.197. The van der Waals surface area contributed by atoms with Crippen LogP contribution in [0.5, 0.6) is 5.75 Å². The average Bonchev–Trinajstić information content (AvgIpc) is 2.64. The summed E-state index contributed by atoms with van der Waals surface area (Å²) < 4.78 is 31.3. The van der Waals surface area contributed by atoms with Crippen LogP contribution < -0.4 is 9.64 Å². The van der Waals surface area contributed by atoms with E-state index in [1.54, 1.807) is 12.1 Å². The van der Waals surface area contributed by atoms with Crippen molar-refractivity contribution >= 4 is 17.3 Å². The monoisotopic (exact) mass is 373 g/mol. The fraction of sp³-hybridized carbons (Fsp3) is 0.222. The summed E-state index contributed by atoms with van der Waals surface area (Å²) in [4.78, 5) is 24.3. The van der Waals surface area contributed by atoms with E-state index in [9.17, 15) is 29.0 Å². The average molecular weight is 373 g/mol. The van der Waals surface area contributed by atoms with Gasteiger partial charge < -0.3 is 9.64 Å². The first-order valence-electron chi connectivity index (χ1n) is 7.89. The molecule has 0 bridgehead atoms. The Morgan fingerprint density at radius 1 is 1.37 bits per heavy atom. The number of carbonyl (C=O) groups is 1. The number of nitro benzene ring substituents is 1. The number of halogens is 2. The zero-order chi connectivity index (χ0) is 19.7. The van der Waals surface area contributed by atoms with Gasteiger partial charge in [0, 0.05) is 5.56 Å². The number of benzene rings is 2. The summed E-state index contributed by atoms with van der Waals surface area (Å²) in [6, 6.07) is 9.65. The van der Waals surface area contributed by atoms with Crippen LogP contribution in [0, 0.1) is 21.4 Å². The SMILES string of the molecule is C[C@H]1Oc2cc([N+](=O)[O-])c(C#N)cc2N(Cc2cccc(C(F)F)c2)C1=O. The number of alkyl halides is 2. The standard InChI is InChI=1S/C18H13F2N3O4/c1-10-18(24)22(9-11-3-2-4-12(5-11)17(19)20)15-6-13(8-21)14(23(25)26)7-16(15)27-10/h2-7,10,17H,9H2,1H3/t10-/m1/s1. The molecule has 0 aliphatic carbocycles. The van der Waals surface area contributed by atoms with Gasteiger partial charge in [-0.1, -0.05) is 18.2 Å². The first-order valence-corrected chi connectivity index (χ1v) is 7.89. The molecule has 0 N–H and O–H groups in total. The maximum Gasteiger partial charge on any atom is 0.290 e. The Bertz CT molecular complexity index is 972. The largest absolute Gasteiger partial charge is 0.478 e. The molecule has 0 aromatic heterocycles. The number of carbonyl (C=O) groups excluding carboxylic acids is 1. The Morgan fingerprint density at radius 3 is 2.74 bits per heavy atom. The van der Waals surface area contributed by atoms with Crippen LogP contribution in [0.15, 0.2) is 36.4 Å². The summed E-state index contributed by atoms with van der Waals surface area (Å²) >= 11 is 0. The fourth-order valence-electron chi connectivity index (χ4n) is 2.86. The number of nitriles is 1. The number of ether oxygens (including phenoxy) is 1. The van der Waals surface area contributed by atoms with Gasteiger partial charge in [0.25, 0.3) is 18.0 Å². The number of hydrogen-bond donors (Lipinski definition) is 0. The summed E-state index contributed by atoms with van der Waals surface area (Å²) in [7, 11) is 0. The topological polar surface area (TPSA) is 96.5 Å². The third kappa shape index (κ3) is 3.42. The van der Waals surface area contributed by atoms with Gasteiger partial charge in [-0.2, -0.15) is 5.26 Å². The van der Waals surface area contributed by atoms with Crippen LogP contribution in [0.1, 0.15) is 30.0 Å². The van der Waals surface area contributed by atoms with Gasteiger partial charge in [0.15, 0.2) is 11.9 Å². The molecule has 1 atom stereocenters. The molecule has 1 aliphatic heterocycles. The number of nitrogens with zero attached hydrogens (tertiary/aromatic N) is 3. The second kappa shape index (κ2) is 6.99. The first kappa shape index (κ1) is 18.3. The van der Waals surface area contributed by atoms with E-state index in [0.717, 1.165) is 6.07 Å². The van der Waals surface area contributed by atoms with Crippen molar-refractivity contribution < 1.29 is 23.2 Å². The Hall–Kier alpha value is -3.54. The van der Waals surface area contributed by atoms with E-state index in [1.807, 2.05) is 0 Å². The molecule has 0 radical (unpaired) electrons. The lowest BCUT2D eigenvalue weighted by Gasteiger charge is -2.33. The van der Waals surface area contributed by atoms with Crippen LogP contribution >= 0.6 is 0 Å². The van der Waals surface area contributed by atoms with Crippen LogP contribution in [0.4, 0.5) is 20.2 Å². The van der Waals surface area contributed by atoms with Crippen molar-refractivity contribution in [3.05, 3.63) is 63.2 Å². The van der Waals surface area contributed by atoms with Gasteiger partial charge in [0.2, 0.25) is 0 Å². The molecular weight excluding hydrogens is 360 g/mol. The van der Waals surface area contributed by atoms with Crippen LogP contribution in [0.25, 0.3) is 0 Å². The molecule has 1 aliphatic rings. The molecule has 0 fully saturated rings. The number of hydrogen-bond acceptors (Lipinski definition) is 5. The lowest BCUT2D eigenvalue weighted by Crippen LogP contribution is -2.44. The van der Waals surface area contributed by atoms with E-state index in [0.29, 0.717) is 5.56 Å². The van der Waals surface area contributed by atoms with E-state index in [2.05, 4.69) is 0 Å². The minimum atomic E-state index is -2.65. The molecule has 7 nitrogen and oxygen atoms in total. The van der Waals surface area contributed by atoms with Gasteiger partial charge in [-0.05, 0) is 24.6 Å². The second-order valence-electron chi connectivity index (χ2n) is 5.94. The van der Waals surface area contributed by atoms with Gasteiger partial charge in [-0.3, -0.25) is 14.9 Å². The van der Waals surface area contributed by atoms with E-state index in [4.69, 9.17) is 4.74 Å². The van der Waals surface area contributed by atoms with Gasteiger partial charge in [0.05, 0.1) is 23.2 Å². The van der Waals surface area contributed by atoms with E-state index < -0.39 is 29.0 Å². The zero-order valence-corrected chi connectivity index (χ0v) is 14.1. The summed E-state index contributed by atoms with van der Waals surface area (Å²) in [5, 5.41) is 20.3. The van der Waals surface area contributed by atoms with E-state index in [1.165, 1.54) is 36.1 Å². The molecule has 138 valence electrons. The highest BCUT2D eigenvalue weighted by molar-refractivity contribution is 6.00. The molecular formula is C18H13F2N3O4. The molecule has 0 saturated carbocycles. The highest BCUT2D eigenvalue weighted by Crippen LogP contribution is 2.39. The van der Waals surface area contributed by atoms with Crippen molar-refractivity contribution in [1.82, 2.24) is 0 Å². The molecule has 1 amide bonds.